The first kappa shape index (κ1) is 14.4. The van der Waals surface area contributed by atoms with Crippen LogP contribution in [-0.4, -0.2) is 23.0 Å². The lowest BCUT2D eigenvalue weighted by Crippen LogP contribution is -2.12. The van der Waals surface area contributed by atoms with Crippen LogP contribution in [0, 0.1) is 0 Å². The number of nitrogens with one attached hydrogen (secondary N) is 1. The number of aromatic nitrogens is 1. The van der Waals surface area contributed by atoms with Crippen LogP contribution in [0.2, 0.25) is 0 Å². The van der Waals surface area contributed by atoms with E-state index in [-0.39, 0.29) is 5.41 Å². The van der Waals surface area contributed by atoms with Crippen LogP contribution in [0.15, 0.2) is 18.3 Å². The van der Waals surface area contributed by atoms with Gasteiger partial charge in [0.25, 0.3) is 0 Å². The molecule has 1 rings (SSSR count). The highest BCUT2D eigenvalue weighted by Crippen LogP contribution is 2.21. The van der Waals surface area contributed by atoms with Gasteiger partial charge in [0.2, 0.25) is 0 Å². The van der Waals surface area contributed by atoms with Gasteiger partial charge in [0.1, 0.15) is 5.82 Å². The van der Waals surface area contributed by atoms with Gasteiger partial charge in [-0.15, -0.1) is 0 Å². The Morgan fingerprint density at radius 1 is 1.35 bits per heavy atom. The predicted octanol–water partition coefficient (Wildman–Crippen LogP) is 3.93. The Morgan fingerprint density at radius 3 is 2.53 bits per heavy atom. The zero-order valence-electron chi connectivity index (χ0n) is 11.6. The summed E-state index contributed by atoms with van der Waals surface area (Å²) in [5.74, 6) is 0.978. The maximum absolute atomic E-state index is 4.45. The zero-order chi connectivity index (χ0) is 12.9. The van der Waals surface area contributed by atoms with Crippen LogP contribution in [0.4, 0.5) is 5.82 Å². The quantitative estimate of drug-likeness (QED) is 0.859. The second-order valence-corrected chi connectivity index (χ2v) is 6.72. The van der Waals surface area contributed by atoms with E-state index in [2.05, 4.69) is 56.4 Å². The van der Waals surface area contributed by atoms with Gasteiger partial charge < -0.3 is 5.32 Å². The molecule has 96 valence electrons. The van der Waals surface area contributed by atoms with Crippen molar-refractivity contribution in [3.05, 3.63) is 23.9 Å². The number of nitrogens with zero attached hydrogens (tertiary/aromatic N) is 1. The van der Waals surface area contributed by atoms with E-state index in [9.17, 15) is 0 Å². The Balaban J connectivity index is 2.46. The van der Waals surface area contributed by atoms with Crippen LogP contribution in [0.25, 0.3) is 0 Å². The Labute approximate surface area is 110 Å². The molecule has 0 aromatic carbocycles. The number of hydrogen-bond acceptors (Lipinski definition) is 3. The van der Waals surface area contributed by atoms with E-state index < -0.39 is 0 Å². The lowest BCUT2D eigenvalue weighted by Gasteiger charge is -2.18. The molecule has 0 aliphatic heterocycles. The lowest BCUT2D eigenvalue weighted by atomic mass is 9.88. The normalized spacial score (nSPS) is 13.5. The monoisotopic (exact) mass is 252 g/mol. The molecule has 1 N–H and O–H groups in total. The molecule has 1 unspecified atom stereocenters. The fraction of sp³-hybridized carbons (Fsp3) is 0.643. The van der Waals surface area contributed by atoms with Gasteiger partial charge in [0.05, 0.1) is 0 Å². The summed E-state index contributed by atoms with van der Waals surface area (Å²) in [6.07, 6.45) is 5.30. The summed E-state index contributed by atoms with van der Waals surface area (Å²) in [6.45, 7) is 9.86. The smallest absolute Gasteiger partial charge is 0.125 e. The molecule has 1 heterocycles. The molecule has 0 aliphatic carbocycles. The van der Waals surface area contributed by atoms with E-state index in [4.69, 9.17) is 0 Å². The fourth-order valence-electron chi connectivity index (χ4n) is 1.46. The molecule has 1 atom stereocenters. The van der Waals surface area contributed by atoms with Gasteiger partial charge in [-0.05, 0) is 29.7 Å². The highest BCUT2D eigenvalue weighted by molar-refractivity contribution is 7.99. The molecule has 0 radical (unpaired) electrons. The summed E-state index contributed by atoms with van der Waals surface area (Å²) >= 11 is 1.91. The van der Waals surface area contributed by atoms with Crippen molar-refractivity contribution in [2.45, 2.75) is 44.8 Å². The number of rotatable bonds is 5. The molecule has 1 aromatic heterocycles. The van der Waals surface area contributed by atoms with Crippen LogP contribution >= 0.6 is 11.8 Å². The third-order valence-electron chi connectivity index (χ3n) is 2.89. The van der Waals surface area contributed by atoms with Crippen LogP contribution in [0.1, 0.15) is 39.7 Å². The standard InChI is InChI=1S/C14H24N2S/c1-11(17-5)8-9-15-13-7-6-12(10-16-13)14(2,3)4/h6-7,10-11H,8-9H2,1-5H3,(H,15,16). The van der Waals surface area contributed by atoms with Crippen molar-refractivity contribution in [1.82, 2.24) is 4.98 Å². The number of pyridine rings is 1. The van der Waals surface area contributed by atoms with Crippen molar-refractivity contribution in [1.29, 1.82) is 0 Å². The predicted molar refractivity (Wildman–Crippen MR) is 79.0 cm³/mol. The molecule has 0 spiro atoms. The fourth-order valence-corrected chi connectivity index (χ4v) is 1.82. The molecule has 0 saturated heterocycles. The molecule has 0 fully saturated rings. The first-order valence-corrected chi connectivity index (χ1v) is 7.45. The number of anilines is 1. The first-order valence-electron chi connectivity index (χ1n) is 6.16. The average Bonchev–Trinajstić information content (AvgIpc) is 2.28. The highest BCUT2D eigenvalue weighted by Gasteiger charge is 2.13. The topological polar surface area (TPSA) is 24.9 Å². The van der Waals surface area contributed by atoms with Crippen molar-refractivity contribution in [2.75, 3.05) is 18.1 Å². The maximum atomic E-state index is 4.45. The summed E-state index contributed by atoms with van der Waals surface area (Å²) < 4.78 is 0. The van der Waals surface area contributed by atoms with Crippen LogP contribution in [-0.2, 0) is 5.41 Å². The van der Waals surface area contributed by atoms with E-state index in [1.54, 1.807) is 0 Å². The largest absolute Gasteiger partial charge is 0.370 e. The van der Waals surface area contributed by atoms with Gasteiger partial charge >= 0.3 is 0 Å². The molecule has 3 heteroatoms. The van der Waals surface area contributed by atoms with Crippen LogP contribution in [0.5, 0.6) is 0 Å². The summed E-state index contributed by atoms with van der Waals surface area (Å²) in [6, 6.07) is 4.23. The highest BCUT2D eigenvalue weighted by atomic mass is 32.2. The second kappa shape index (κ2) is 6.29. The van der Waals surface area contributed by atoms with E-state index in [0.717, 1.165) is 12.4 Å². The third kappa shape index (κ3) is 4.99. The maximum Gasteiger partial charge on any atom is 0.125 e. The summed E-state index contributed by atoms with van der Waals surface area (Å²) in [5.41, 5.74) is 1.46. The minimum absolute atomic E-state index is 0.179. The van der Waals surface area contributed by atoms with Gasteiger partial charge in [-0.2, -0.15) is 11.8 Å². The van der Waals surface area contributed by atoms with Gasteiger partial charge in [-0.1, -0.05) is 33.8 Å². The minimum atomic E-state index is 0.179. The minimum Gasteiger partial charge on any atom is -0.370 e. The van der Waals surface area contributed by atoms with E-state index in [1.807, 2.05) is 18.0 Å². The van der Waals surface area contributed by atoms with Gasteiger partial charge in [0.15, 0.2) is 0 Å². The number of hydrogen-bond donors (Lipinski definition) is 1. The van der Waals surface area contributed by atoms with Crippen molar-refractivity contribution in [3.63, 3.8) is 0 Å². The van der Waals surface area contributed by atoms with E-state index in [1.165, 1.54) is 12.0 Å². The van der Waals surface area contributed by atoms with E-state index in [0.29, 0.717) is 5.25 Å². The van der Waals surface area contributed by atoms with Crippen LogP contribution in [0.3, 0.4) is 0 Å². The Bertz CT molecular complexity index is 327. The third-order valence-corrected chi connectivity index (χ3v) is 3.93. The van der Waals surface area contributed by atoms with Crippen molar-refractivity contribution < 1.29 is 0 Å². The van der Waals surface area contributed by atoms with Crippen molar-refractivity contribution in [3.8, 4) is 0 Å². The van der Waals surface area contributed by atoms with Crippen molar-refractivity contribution in [2.24, 2.45) is 0 Å². The first-order chi connectivity index (χ1) is 7.93. The molecule has 0 aliphatic rings. The molecular weight excluding hydrogens is 228 g/mol. The average molecular weight is 252 g/mol. The Morgan fingerprint density at radius 2 is 2.06 bits per heavy atom. The van der Waals surface area contributed by atoms with Crippen molar-refractivity contribution >= 4 is 17.6 Å². The van der Waals surface area contributed by atoms with E-state index >= 15 is 0 Å². The zero-order valence-corrected chi connectivity index (χ0v) is 12.4. The molecule has 1 aromatic rings. The molecule has 0 amide bonds. The summed E-state index contributed by atoms with van der Waals surface area (Å²) in [5, 5.41) is 4.07. The van der Waals surface area contributed by atoms with Gasteiger partial charge in [-0.25, -0.2) is 4.98 Å². The molecular formula is C14H24N2S. The summed E-state index contributed by atoms with van der Waals surface area (Å²) in [4.78, 5) is 4.45. The molecule has 0 saturated carbocycles. The molecule has 2 nitrogen and oxygen atoms in total. The molecule has 17 heavy (non-hydrogen) atoms. The molecule has 0 bridgehead atoms. The van der Waals surface area contributed by atoms with Gasteiger partial charge in [0, 0.05) is 18.0 Å². The Kier molecular flexibility index (Phi) is 5.31. The Hall–Kier alpha value is -0.700. The SMILES string of the molecule is CSC(C)CCNc1ccc(C(C)(C)C)cn1. The van der Waals surface area contributed by atoms with Crippen LogP contribution < -0.4 is 5.32 Å². The lowest BCUT2D eigenvalue weighted by molar-refractivity contribution is 0.587. The number of thioether (sulfide) groups is 1. The van der Waals surface area contributed by atoms with Gasteiger partial charge in [-0.3, -0.25) is 0 Å². The summed E-state index contributed by atoms with van der Waals surface area (Å²) in [7, 11) is 0. The second-order valence-electron chi connectivity index (χ2n) is 5.44.